The molecule has 1 aromatic rings. The Hall–Kier alpha value is -0.540. The first-order valence-electron chi connectivity index (χ1n) is 3.60. The van der Waals surface area contributed by atoms with Gasteiger partial charge in [-0.2, -0.15) is 0 Å². The van der Waals surface area contributed by atoms with Crippen molar-refractivity contribution in [1.82, 2.24) is 0 Å². The molecule has 2 nitrogen and oxygen atoms in total. The van der Waals surface area contributed by atoms with E-state index in [1.807, 2.05) is 0 Å². The minimum Gasteiger partial charge on any atom is -0.496 e. The number of halogens is 2. The second-order valence-corrected chi connectivity index (χ2v) is 3.78. The van der Waals surface area contributed by atoms with Crippen molar-refractivity contribution in [2.24, 2.45) is 0 Å². The Morgan fingerprint density at radius 2 is 2.15 bits per heavy atom. The van der Waals surface area contributed by atoms with Crippen LogP contribution in [0.4, 0.5) is 0 Å². The number of ether oxygens (including phenoxy) is 1. The molecular formula is C9H8BrClO2. The molecule has 0 aliphatic rings. The summed E-state index contributed by atoms with van der Waals surface area (Å²) in [4.78, 5) is 11.1. The van der Waals surface area contributed by atoms with Crippen LogP contribution in [0.3, 0.4) is 0 Å². The Kier molecular flexibility index (Phi) is 3.33. The molecule has 0 N–H and O–H groups in total. The number of hydrogen-bond acceptors (Lipinski definition) is 2. The lowest BCUT2D eigenvalue weighted by Gasteiger charge is -2.07. The first-order valence-corrected chi connectivity index (χ1v) is 4.77. The molecule has 0 saturated carbocycles. The number of carbonyl (C=O) groups excluding carboxylic acids is 1. The molecule has 0 aliphatic carbocycles. The monoisotopic (exact) mass is 262 g/mol. The maximum atomic E-state index is 11.1. The van der Waals surface area contributed by atoms with E-state index in [0.717, 1.165) is 4.47 Å². The smallest absolute Gasteiger partial charge is 0.163 e. The molecular weight excluding hydrogens is 255 g/mol. The highest BCUT2D eigenvalue weighted by Gasteiger charge is 2.10. The summed E-state index contributed by atoms with van der Waals surface area (Å²) in [5, 5.41) is 0.506. The maximum Gasteiger partial charge on any atom is 0.163 e. The number of rotatable bonds is 2. The predicted octanol–water partition coefficient (Wildman–Crippen LogP) is 3.31. The first kappa shape index (κ1) is 10.5. The van der Waals surface area contributed by atoms with Gasteiger partial charge in [0.1, 0.15) is 5.75 Å². The Balaban J connectivity index is 3.33. The molecule has 70 valence electrons. The fourth-order valence-corrected chi connectivity index (χ4v) is 1.46. The highest BCUT2D eigenvalue weighted by atomic mass is 79.9. The fraction of sp³-hybridized carbons (Fsp3) is 0.222. The van der Waals surface area contributed by atoms with Crippen LogP contribution in [0, 0.1) is 0 Å². The second-order valence-electron chi connectivity index (χ2n) is 2.52. The molecule has 0 aromatic heterocycles. The van der Waals surface area contributed by atoms with E-state index >= 15 is 0 Å². The number of carbonyl (C=O) groups is 1. The van der Waals surface area contributed by atoms with Crippen LogP contribution in [0.2, 0.25) is 5.02 Å². The molecule has 0 atom stereocenters. The van der Waals surface area contributed by atoms with Crippen LogP contribution in [0.1, 0.15) is 17.3 Å². The molecule has 0 bridgehead atoms. The van der Waals surface area contributed by atoms with Gasteiger partial charge in [0.15, 0.2) is 5.78 Å². The molecule has 0 unspecified atom stereocenters. The lowest BCUT2D eigenvalue weighted by molar-refractivity contribution is 0.101. The van der Waals surface area contributed by atoms with Gasteiger partial charge in [-0.05, 0) is 35.0 Å². The van der Waals surface area contributed by atoms with E-state index in [9.17, 15) is 4.79 Å². The standard InChI is InChI=1S/C9H8BrClO2/c1-5(12)6-3-8(11)7(10)4-9(6)13-2/h3-4H,1-2H3. The summed E-state index contributed by atoms with van der Waals surface area (Å²) in [6.07, 6.45) is 0. The van der Waals surface area contributed by atoms with E-state index in [0.29, 0.717) is 16.3 Å². The molecule has 1 rings (SSSR count). The van der Waals surface area contributed by atoms with Crippen molar-refractivity contribution in [2.45, 2.75) is 6.92 Å². The van der Waals surface area contributed by atoms with Gasteiger partial charge >= 0.3 is 0 Å². The summed E-state index contributed by atoms with van der Waals surface area (Å²) >= 11 is 9.08. The Morgan fingerprint density at radius 3 is 2.62 bits per heavy atom. The van der Waals surface area contributed by atoms with Crippen LogP contribution in [-0.2, 0) is 0 Å². The molecule has 0 amide bonds. The van der Waals surface area contributed by atoms with Crippen LogP contribution < -0.4 is 4.74 Å². The minimum atomic E-state index is -0.0637. The van der Waals surface area contributed by atoms with Gasteiger partial charge < -0.3 is 4.74 Å². The first-order chi connectivity index (χ1) is 6.06. The molecule has 0 saturated heterocycles. The third-order valence-corrected chi connectivity index (χ3v) is 2.82. The zero-order valence-electron chi connectivity index (χ0n) is 7.23. The average molecular weight is 264 g/mol. The third kappa shape index (κ3) is 2.23. The van der Waals surface area contributed by atoms with Crippen LogP contribution >= 0.6 is 27.5 Å². The summed E-state index contributed by atoms with van der Waals surface area (Å²) in [6.45, 7) is 1.47. The van der Waals surface area contributed by atoms with E-state index in [4.69, 9.17) is 16.3 Å². The normalized spacial score (nSPS) is 9.85. The third-order valence-electron chi connectivity index (χ3n) is 1.62. The molecule has 0 fully saturated rings. The van der Waals surface area contributed by atoms with Crippen molar-refractivity contribution in [2.75, 3.05) is 7.11 Å². The molecule has 0 radical (unpaired) electrons. The van der Waals surface area contributed by atoms with Gasteiger partial charge in [0, 0.05) is 4.47 Å². The van der Waals surface area contributed by atoms with Gasteiger partial charge in [-0.15, -0.1) is 0 Å². The Labute approximate surface area is 90.0 Å². The predicted molar refractivity (Wildman–Crippen MR) is 55.7 cm³/mol. The number of ketones is 1. The van der Waals surface area contributed by atoms with Crippen molar-refractivity contribution >= 4 is 33.3 Å². The van der Waals surface area contributed by atoms with Crippen LogP contribution in [0.15, 0.2) is 16.6 Å². The van der Waals surface area contributed by atoms with Gasteiger partial charge in [-0.1, -0.05) is 11.6 Å². The summed E-state index contributed by atoms with van der Waals surface area (Å²) < 4.78 is 5.75. The number of methoxy groups -OCH3 is 1. The summed E-state index contributed by atoms with van der Waals surface area (Å²) in [5.74, 6) is 0.468. The van der Waals surface area contributed by atoms with Crippen molar-refractivity contribution < 1.29 is 9.53 Å². The summed E-state index contributed by atoms with van der Waals surface area (Å²) in [6, 6.07) is 3.27. The topological polar surface area (TPSA) is 26.3 Å². The van der Waals surface area contributed by atoms with Crippen molar-refractivity contribution in [1.29, 1.82) is 0 Å². The number of benzene rings is 1. The van der Waals surface area contributed by atoms with E-state index < -0.39 is 0 Å². The van der Waals surface area contributed by atoms with E-state index in [1.54, 1.807) is 12.1 Å². The van der Waals surface area contributed by atoms with E-state index in [-0.39, 0.29) is 5.78 Å². The van der Waals surface area contributed by atoms with Crippen LogP contribution in [0.25, 0.3) is 0 Å². The molecule has 4 heteroatoms. The van der Waals surface area contributed by atoms with Crippen molar-refractivity contribution in [3.63, 3.8) is 0 Å². The largest absolute Gasteiger partial charge is 0.496 e. The summed E-state index contributed by atoms with van der Waals surface area (Å²) in [5.41, 5.74) is 0.496. The zero-order valence-corrected chi connectivity index (χ0v) is 9.57. The van der Waals surface area contributed by atoms with Gasteiger partial charge in [0.2, 0.25) is 0 Å². The average Bonchev–Trinajstić information content (AvgIpc) is 2.08. The number of hydrogen-bond donors (Lipinski definition) is 0. The van der Waals surface area contributed by atoms with E-state index in [2.05, 4.69) is 15.9 Å². The number of Topliss-reactive ketones (excluding diaryl/α,β-unsaturated/α-hetero) is 1. The Bertz CT molecular complexity index is 350. The highest BCUT2D eigenvalue weighted by molar-refractivity contribution is 9.10. The van der Waals surface area contributed by atoms with Gasteiger partial charge in [-0.3, -0.25) is 4.79 Å². The second kappa shape index (κ2) is 4.11. The SMILES string of the molecule is COc1cc(Br)c(Cl)cc1C(C)=O. The van der Waals surface area contributed by atoms with Gasteiger partial charge in [0.25, 0.3) is 0 Å². The lowest BCUT2D eigenvalue weighted by atomic mass is 10.1. The van der Waals surface area contributed by atoms with Crippen LogP contribution in [-0.4, -0.2) is 12.9 Å². The minimum absolute atomic E-state index is 0.0637. The highest BCUT2D eigenvalue weighted by Crippen LogP contribution is 2.30. The Morgan fingerprint density at radius 1 is 1.54 bits per heavy atom. The summed E-state index contributed by atoms with van der Waals surface area (Å²) in [7, 11) is 1.52. The lowest BCUT2D eigenvalue weighted by Crippen LogP contribution is -1.97. The molecule has 0 spiro atoms. The van der Waals surface area contributed by atoms with Crippen LogP contribution in [0.5, 0.6) is 5.75 Å². The zero-order chi connectivity index (χ0) is 10.0. The quantitative estimate of drug-likeness (QED) is 0.765. The maximum absolute atomic E-state index is 11.1. The van der Waals surface area contributed by atoms with Crippen molar-refractivity contribution in [3.05, 3.63) is 27.2 Å². The van der Waals surface area contributed by atoms with Gasteiger partial charge in [-0.25, -0.2) is 0 Å². The molecule has 0 heterocycles. The fourth-order valence-electron chi connectivity index (χ4n) is 0.973. The van der Waals surface area contributed by atoms with Gasteiger partial charge in [0.05, 0.1) is 17.7 Å². The molecule has 13 heavy (non-hydrogen) atoms. The van der Waals surface area contributed by atoms with Crippen molar-refractivity contribution in [3.8, 4) is 5.75 Å². The van der Waals surface area contributed by atoms with E-state index in [1.165, 1.54) is 14.0 Å². The molecule has 0 aliphatic heterocycles. The molecule has 1 aromatic carbocycles.